The number of carbonyl (C=O) groups excluding carboxylic acids is 3. The second-order valence-corrected chi connectivity index (χ2v) is 13.3. The number of carbonyl (C=O) groups is 3. The van der Waals surface area contributed by atoms with Crippen LogP contribution in [0.4, 0.5) is 10.8 Å². The molecule has 0 spiro atoms. The highest BCUT2D eigenvalue weighted by Crippen LogP contribution is 2.27. The molecule has 0 radical (unpaired) electrons. The molecule has 3 amide bonds. The maximum Gasteiger partial charge on any atom is 0.272 e. The van der Waals surface area contributed by atoms with Crippen LogP contribution >= 0.6 is 35.1 Å². The van der Waals surface area contributed by atoms with Crippen LogP contribution in [0.1, 0.15) is 29.8 Å². The summed E-state index contributed by atoms with van der Waals surface area (Å²) in [4.78, 5) is 44.4. The van der Waals surface area contributed by atoms with Crippen molar-refractivity contribution in [1.29, 1.82) is 0 Å². The Labute approximate surface area is 280 Å². The van der Waals surface area contributed by atoms with E-state index in [1.807, 2.05) is 86.6 Å². The highest BCUT2D eigenvalue weighted by molar-refractivity contribution is 8.00. The number of nitrogens with one attached hydrogen (secondary N) is 3. The van der Waals surface area contributed by atoms with Crippen LogP contribution in [-0.2, 0) is 9.59 Å². The molecule has 232 valence electrons. The fraction of sp³-hybridized carbons (Fsp3) is 0.114. The average Bonchev–Trinajstić information content (AvgIpc) is 3.53. The van der Waals surface area contributed by atoms with E-state index in [1.54, 1.807) is 42.5 Å². The molecule has 0 aliphatic heterocycles. The van der Waals surface area contributed by atoms with E-state index < -0.39 is 11.8 Å². The van der Waals surface area contributed by atoms with Gasteiger partial charge in [0.1, 0.15) is 5.70 Å². The Hall–Kier alpha value is -4.71. The summed E-state index contributed by atoms with van der Waals surface area (Å²) >= 11 is 4.07. The third-order valence-corrected chi connectivity index (χ3v) is 9.15. The molecular formula is C35H31N5O3S3. The highest BCUT2D eigenvalue weighted by atomic mass is 32.2. The molecule has 1 heterocycles. The molecule has 0 saturated carbocycles. The summed E-state index contributed by atoms with van der Waals surface area (Å²) in [6, 6.07) is 33.7. The Morgan fingerprint density at radius 3 is 2.15 bits per heavy atom. The van der Waals surface area contributed by atoms with Gasteiger partial charge in [0.05, 0.1) is 5.25 Å². The van der Waals surface area contributed by atoms with Crippen molar-refractivity contribution < 1.29 is 14.4 Å². The standard InChI is InChI=1S/C35H31N5O3S3/c1-3-44-35-39-34(46-40-35)38-31(41)23(2)45-29-20-18-28(19-21-29)36-33(43)30(37-32(42)27-12-8-5-9-13-27)22-24-14-16-26(17-15-24)25-10-6-4-7-11-25/h4-23H,3H2,1-2H3,(H,36,43)(H,37,42)(H,38,39,40,41)/b30-22-. The monoisotopic (exact) mass is 665 g/mol. The summed E-state index contributed by atoms with van der Waals surface area (Å²) in [5.41, 5.74) is 3.96. The lowest BCUT2D eigenvalue weighted by Crippen LogP contribution is -2.30. The normalized spacial score (nSPS) is 11.8. The summed E-state index contributed by atoms with van der Waals surface area (Å²) < 4.78 is 4.23. The lowest BCUT2D eigenvalue weighted by molar-refractivity contribution is -0.115. The largest absolute Gasteiger partial charge is 0.321 e. The predicted molar refractivity (Wildman–Crippen MR) is 189 cm³/mol. The molecule has 11 heteroatoms. The van der Waals surface area contributed by atoms with Crippen molar-refractivity contribution in [2.75, 3.05) is 16.4 Å². The van der Waals surface area contributed by atoms with Gasteiger partial charge in [0.25, 0.3) is 11.8 Å². The second-order valence-electron chi connectivity index (χ2n) is 9.91. The Morgan fingerprint density at radius 1 is 0.826 bits per heavy atom. The van der Waals surface area contributed by atoms with Crippen LogP contribution in [0.15, 0.2) is 125 Å². The van der Waals surface area contributed by atoms with Crippen molar-refractivity contribution >= 4 is 69.7 Å². The van der Waals surface area contributed by atoms with Gasteiger partial charge in [-0.3, -0.25) is 19.7 Å². The molecule has 0 bridgehead atoms. The van der Waals surface area contributed by atoms with Gasteiger partial charge in [-0.15, -0.1) is 11.8 Å². The van der Waals surface area contributed by atoms with E-state index in [2.05, 4.69) is 25.3 Å². The van der Waals surface area contributed by atoms with E-state index in [-0.39, 0.29) is 16.9 Å². The number of anilines is 2. The number of nitrogens with zero attached hydrogens (tertiary/aromatic N) is 2. The molecule has 1 aromatic heterocycles. The molecular weight excluding hydrogens is 635 g/mol. The first-order chi connectivity index (χ1) is 22.4. The van der Waals surface area contributed by atoms with Crippen LogP contribution in [-0.4, -0.2) is 38.1 Å². The molecule has 1 atom stereocenters. The molecule has 3 N–H and O–H groups in total. The van der Waals surface area contributed by atoms with Gasteiger partial charge in [0, 0.05) is 27.7 Å². The highest BCUT2D eigenvalue weighted by Gasteiger charge is 2.18. The second kappa shape index (κ2) is 16.0. The van der Waals surface area contributed by atoms with Gasteiger partial charge in [0.15, 0.2) is 0 Å². The van der Waals surface area contributed by atoms with Gasteiger partial charge in [-0.05, 0) is 71.8 Å². The van der Waals surface area contributed by atoms with Crippen molar-refractivity contribution in [2.45, 2.75) is 29.1 Å². The van der Waals surface area contributed by atoms with Crippen molar-refractivity contribution in [1.82, 2.24) is 14.7 Å². The van der Waals surface area contributed by atoms with Crippen LogP contribution in [0.5, 0.6) is 0 Å². The average molecular weight is 666 g/mol. The number of hydrogen-bond acceptors (Lipinski definition) is 8. The Balaban J connectivity index is 1.26. The van der Waals surface area contributed by atoms with Gasteiger partial charge >= 0.3 is 0 Å². The van der Waals surface area contributed by atoms with Crippen molar-refractivity contribution in [3.8, 4) is 11.1 Å². The fourth-order valence-corrected chi connectivity index (χ4v) is 6.38. The SMILES string of the molecule is CCSc1nsc(NC(=O)C(C)Sc2ccc(NC(=O)/C(=C/c3ccc(-c4ccccc4)cc3)NC(=O)c3ccccc3)cc2)n1. The number of thioether (sulfide) groups is 2. The summed E-state index contributed by atoms with van der Waals surface area (Å²) in [6.07, 6.45) is 1.65. The zero-order valence-corrected chi connectivity index (χ0v) is 27.5. The Bertz CT molecular complexity index is 1810. The van der Waals surface area contributed by atoms with Crippen molar-refractivity contribution in [2.24, 2.45) is 0 Å². The molecule has 0 aliphatic rings. The first-order valence-electron chi connectivity index (χ1n) is 14.5. The van der Waals surface area contributed by atoms with Gasteiger partial charge in [-0.2, -0.15) is 9.36 Å². The zero-order chi connectivity index (χ0) is 32.3. The first-order valence-corrected chi connectivity index (χ1v) is 17.1. The minimum atomic E-state index is -0.470. The minimum Gasteiger partial charge on any atom is -0.321 e. The van der Waals surface area contributed by atoms with E-state index in [9.17, 15) is 14.4 Å². The van der Waals surface area contributed by atoms with E-state index in [4.69, 9.17) is 0 Å². The Kier molecular flexibility index (Phi) is 11.4. The molecule has 5 rings (SSSR count). The molecule has 0 aliphatic carbocycles. The quantitative estimate of drug-likeness (QED) is 0.0919. The van der Waals surface area contributed by atoms with E-state index in [0.717, 1.165) is 38.9 Å². The third-order valence-electron chi connectivity index (χ3n) is 6.56. The van der Waals surface area contributed by atoms with Gasteiger partial charge < -0.3 is 10.6 Å². The van der Waals surface area contributed by atoms with Crippen LogP contribution in [0.3, 0.4) is 0 Å². The maximum atomic E-state index is 13.5. The number of amides is 3. The number of aromatic nitrogens is 2. The van der Waals surface area contributed by atoms with E-state index >= 15 is 0 Å². The van der Waals surface area contributed by atoms with Crippen molar-refractivity contribution in [3.63, 3.8) is 0 Å². The number of benzene rings is 4. The Morgan fingerprint density at radius 2 is 1.48 bits per heavy atom. The molecule has 5 aromatic rings. The van der Waals surface area contributed by atoms with Gasteiger partial charge in [-0.25, -0.2) is 0 Å². The lowest BCUT2D eigenvalue weighted by Gasteiger charge is -2.13. The fourth-order valence-electron chi connectivity index (χ4n) is 4.24. The summed E-state index contributed by atoms with van der Waals surface area (Å²) in [5.74, 6) is -0.180. The van der Waals surface area contributed by atoms with Gasteiger partial charge in [-0.1, -0.05) is 91.5 Å². The molecule has 4 aromatic carbocycles. The minimum absolute atomic E-state index is 0.0993. The molecule has 0 saturated heterocycles. The molecule has 8 nitrogen and oxygen atoms in total. The summed E-state index contributed by atoms with van der Waals surface area (Å²) in [5, 5.41) is 9.22. The summed E-state index contributed by atoms with van der Waals surface area (Å²) in [7, 11) is 0. The topological polar surface area (TPSA) is 113 Å². The van der Waals surface area contributed by atoms with Crippen LogP contribution in [0.25, 0.3) is 17.2 Å². The van der Waals surface area contributed by atoms with E-state index in [1.165, 1.54) is 23.5 Å². The first kappa shape index (κ1) is 32.7. The lowest BCUT2D eigenvalue weighted by atomic mass is 10.0. The zero-order valence-electron chi connectivity index (χ0n) is 25.1. The van der Waals surface area contributed by atoms with E-state index in [0.29, 0.717) is 21.5 Å². The smallest absolute Gasteiger partial charge is 0.272 e. The maximum absolute atomic E-state index is 13.5. The number of rotatable bonds is 12. The summed E-state index contributed by atoms with van der Waals surface area (Å²) in [6.45, 7) is 3.84. The predicted octanol–water partition coefficient (Wildman–Crippen LogP) is 7.85. The van der Waals surface area contributed by atoms with Crippen LogP contribution < -0.4 is 16.0 Å². The molecule has 0 fully saturated rings. The van der Waals surface area contributed by atoms with Gasteiger partial charge in [0.2, 0.25) is 16.2 Å². The third kappa shape index (κ3) is 9.16. The van der Waals surface area contributed by atoms with Crippen LogP contribution in [0, 0.1) is 0 Å². The van der Waals surface area contributed by atoms with Crippen molar-refractivity contribution in [3.05, 3.63) is 126 Å². The molecule has 1 unspecified atom stereocenters. The van der Waals surface area contributed by atoms with Crippen LogP contribution in [0.2, 0.25) is 0 Å². The molecule has 46 heavy (non-hydrogen) atoms. The number of hydrogen-bond donors (Lipinski definition) is 3.